The summed E-state index contributed by atoms with van der Waals surface area (Å²) in [6.45, 7) is 9.41. The van der Waals surface area contributed by atoms with E-state index in [2.05, 4.69) is 44.6 Å². The fourth-order valence-electron chi connectivity index (χ4n) is 5.66. The molecule has 9 nitrogen and oxygen atoms in total. The Bertz CT molecular complexity index is 1190. The highest BCUT2D eigenvalue weighted by molar-refractivity contribution is 7.91. The molecule has 34 heavy (non-hydrogen) atoms. The summed E-state index contributed by atoms with van der Waals surface area (Å²) in [4.78, 5) is 13.7. The van der Waals surface area contributed by atoms with E-state index < -0.39 is 9.84 Å². The number of benzene rings is 1. The smallest absolute Gasteiger partial charge is 0.153 e. The standard InChI is InChI=1S/C24H32N6O3S/c1-15-9-17(18-12-30(13-18)19-3-4-25-11-19)10-20-22(15)33-16(2)21-23(28-20)26-14-27-24(21)29-5-7-34(31,32)8-6-29/h9-10,14,16,18-19,25H,3-8,11-13H2,1-2H3,(H,26,27,28)/t16-,19+/m1/s1. The van der Waals surface area contributed by atoms with Crippen LogP contribution in [0.4, 0.5) is 17.3 Å². The molecule has 1 aromatic heterocycles. The number of fused-ring (bicyclic) bond motifs is 2. The molecule has 3 fully saturated rings. The van der Waals surface area contributed by atoms with Gasteiger partial charge in [-0.1, -0.05) is 6.07 Å². The normalized spacial score (nSPS) is 26.6. The molecule has 0 spiro atoms. The van der Waals surface area contributed by atoms with Gasteiger partial charge in [0.25, 0.3) is 0 Å². The molecule has 3 saturated heterocycles. The molecule has 0 aliphatic carbocycles. The van der Waals surface area contributed by atoms with Gasteiger partial charge in [0, 0.05) is 44.7 Å². The van der Waals surface area contributed by atoms with Crippen LogP contribution in [0.3, 0.4) is 0 Å². The third kappa shape index (κ3) is 3.91. The molecule has 4 aliphatic heterocycles. The number of nitrogens with one attached hydrogen (secondary N) is 2. The first-order chi connectivity index (χ1) is 16.4. The Morgan fingerprint density at radius 1 is 1.15 bits per heavy atom. The first kappa shape index (κ1) is 22.1. The number of anilines is 3. The van der Waals surface area contributed by atoms with E-state index in [1.165, 1.54) is 12.0 Å². The number of nitrogens with zero attached hydrogens (tertiary/aromatic N) is 4. The Kier molecular flexibility index (Phi) is 5.42. The third-order valence-corrected chi connectivity index (χ3v) is 9.30. The van der Waals surface area contributed by atoms with Crippen LogP contribution in [0.2, 0.25) is 0 Å². The molecule has 2 atom stereocenters. The maximum absolute atomic E-state index is 11.9. The van der Waals surface area contributed by atoms with Crippen LogP contribution < -0.4 is 20.3 Å². The zero-order valence-electron chi connectivity index (χ0n) is 19.7. The molecular weight excluding hydrogens is 452 g/mol. The van der Waals surface area contributed by atoms with E-state index in [0.29, 0.717) is 25.0 Å². The number of likely N-dealkylation sites (tertiary alicyclic amines) is 1. The van der Waals surface area contributed by atoms with Crippen LogP contribution >= 0.6 is 0 Å². The van der Waals surface area contributed by atoms with Crippen molar-refractivity contribution in [3.63, 3.8) is 0 Å². The number of hydrogen-bond acceptors (Lipinski definition) is 9. The molecule has 182 valence electrons. The van der Waals surface area contributed by atoms with Crippen molar-refractivity contribution in [2.75, 3.05) is 61.0 Å². The first-order valence-corrected chi connectivity index (χ1v) is 14.0. The summed E-state index contributed by atoms with van der Waals surface area (Å²) in [5.74, 6) is 3.15. The summed E-state index contributed by atoms with van der Waals surface area (Å²) in [6.07, 6.45) is 2.53. The Morgan fingerprint density at radius 2 is 1.94 bits per heavy atom. The SMILES string of the molecule is Cc1cc(C2CN([C@H]3CCNC3)C2)cc2c1O[C@H](C)c1c(ncnc1N1CCS(=O)(=O)CC1)N2. The van der Waals surface area contributed by atoms with Gasteiger partial charge in [-0.25, -0.2) is 18.4 Å². The number of rotatable bonds is 3. The quantitative estimate of drug-likeness (QED) is 0.677. The van der Waals surface area contributed by atoms with Gasteiger partial charge in [0.1, 0.15) is 29.8 Å². The monoisotopic (exact) mass is 484 g/mol. The number of ether oxygens (including phenoxy) is 1. The molecule has 0 unspecified atom stereocenters. The van der Waals surface area contributed by atoms with Gasteiger partial charge >= 0.3 is 0 Å². The van der Waals surface area contributed by atoms with Gasteiger partial charge < -0.3 is 20.3 Å². The van der Waals surface area contributed by atoms with E-state index in [9.17, 15) is 8.42 Å². The van der Waals surface area contributed by atoms with Gasteiger partial charge in [0.2, 0.25) is 0 Å². The molecule has 1 aromatic carbocycles. The summed E-state index contributed by atoms with van der Waals surface area (Å²) < 4.78 is 30.3. The minimum Gasteiger partial charge on any atom is -0.483 e. The van der Waals surface area contributed by atoms with Crippen LogP contribution in [0.1, 0.15) is 42.1 Å². The summed E-state index contributed by atoms with van der Waals surface area (Å²) in [5, 5.41) is 7.00. The lowest BCUT2D eigenvalue weighted by Crippen LogP contribution is -2.51. The van der Waals surface area contributed by atoms with Crippen LogP contribution in [0.5, 0.6) is 5.75 Å². The predicted octanol–water partition coefficient (Wildman–Crippen LogP) is 1.98. The molecular formula is C24H32N6O3S. The van der Waals surface area contributed by atoms with Crippen LogP contribution in [0, 0.1) is 6.92 Å². The van der Waals surface area contributed by atoms with Gasteiger partial charge in [-0.15, -0.1) is 0 Å². The van der Waals surface area contributed by atoms with Crippen molar-refractivity contribution in [2.45, 2.75) is 38.3 Å². The molecule has 5 heterocycles. The number of sulfone groups is 1. The fourth-order valence-corrected chi connectivity index (χ4v) is 6.86. The largest absolute Gasteiger partial charge is 0.483 e. The highest BCUT2D eigenvalue weighted by Crippen LogP contribution is 2.45. The van der Waals surface area contributed by atoms with Crippen LogP contribution in [-0.2, 0) is 9.84 Å². The van der Waals surface area contributed by atoms with Crippen LogP contribution in [0.15, 0.2) is 18.5 Å². The van der Waals surface area contributed by atoms with Gasteiger partial charge in [0.15, 0.2) is 9.84 Å². The van der Waals surface area contributed by atoms with Crippen molar-refractivity contribution in [1.29, 1.82) is 0 Å². The van der Waals surface area contributed by atoms with Gasteiger partial charge in [-0.05, 0) is 44.0 Å². The summed E-state index contributed by atoms with van der Waals surface area (Å²) in [7, 11) is -2.97. The maximum atomic E-state index is 11.9. The summed E-state index contributed by atoms with van der Waals surface area (Å²) in [5.41, 5.74) is 4.26. The molecule has 0 saturated carbocycles. The molecule has 4 aliphatic rings. The molecule has 2 aromatic rings. The average molecular weight is 485 g/mol. The topological polar surface area (TPSA) is 99.7 Å². The maximum Gasteiger partial charge on any atom is 0.153 e. The average Bonchev–Trinajstić information content (AvgIpc) is 3.24. The Hall–Kier alpha value is -2.43. The second-order valence-corrected chi connectivity index (χ2v) is 12.3. The van der Waals surface area contributed by atoms with Gasteiger partial charge in [0.05, 0.1) is 22.8 Å². The predicted molar refractivity (Wildman–Crippen MR) is 132 cm³/mol. The summed E-state index contributed by atoms with van der Waals surface area (Å²) in [6, 6.07) is 5.15. The lowest BCUT2D eigenvalue weighted by molar-refractivity contribution is 0.101. The van der Waals surface area contributed by atoms with E-state index in [0.717, 1.165) is 60.4 Å². The van der Waals surface area contributed by atoms with E-state index in [1.807, 2.05) is 11.8 Å². The number of aryl methyl sites for hydroxylation is 1. The Morgan fingerprint density at radius 3 is 2.68 bits per heavy atom. The van der Waals surface area contributed by atoms with Crippen molar-refractivity contribution in [1.82, 2.24) is 20.2 Å². The minimum atomic E-state index is -2.97. The third-order valence-electron chi connectivity index (χ3n) is 7.69. The Labute approximate surface area is 200 Å². The first-order valence-electron chi connectivity index (χ1n) is 12.2. The molecule has 0 radical (unpaired) electrons. The number of aromatic nitrogens is 2. The molecule has 6 rings (SSSR count). The highest BCUT2D eigenvalue weighted by atomic mass is 32.2. The Balaban J connectivity index is 1.27. The van der Waals surface area contributed by atoms with Crippen molar-refractivity contribution in [3.05, 3.63) is 35.2 Å². The lowest BCUT2D eigenvalue weighted by atomic mass is 9.88. The second kappa shape index (κ2) is 8.35. The van der Waals surface area contributed by atoms with E-state index in [-0.39, 0.29) is 17.6 Å². The zero-order chi connectivity index (χ0) is 23.4. The van der Waals surface area contributed by atoms with Crippen LogP contribution in [-0.4, -0.2) is 80.1 Å². The number of hydrogen-bond donors (Lipinski definition) is 2. The van der Waals surface area contributed by atoms with Gasteiger partial charge in [-0.3, -0.25) is 4.90 Å². The van der Waals surface area contributed by atoms with Crippen molar-refractivity contribution < 1.29 is 13.2 Å². The van der Waals surface area contributed by atoms with Crippen molar-refractivity contribution in [3.8, 4) is 5.75 Å². The highest BCUT2D eigenvalue weighted by Gasteiger charge is 2.36. The van der Waals surface area contributed by atoms with Crippen molar-refractivity contribution >= 4 is 27.2 Å². The molecule has 0 bridgehead atoms. The van der Waals surface area contributed by atoms with Gasteiger partial charge in [-0.2, -0.15) is 0 Å². The second-order valence-electron chi connectivity index (χ2n) is 10.00. The molecule has 2 N–H and O–H groups in total. The molecule has 10 heteroatoms. The lowest BCUT2D eigenvalue weighted by Gasteiger charge is -2.43. The van der Waals surface area contributed by atoms with E-state index >= 15 is 0 Å². The van der Waals surface area contributed by atoms with Crippen LogP contribution in [0.25, 0.3) is 0 Å². The fraction of sp³-hybridized carbons (Fsp3) is 0.583. The minimum absolute atomic E-state index is 0.145. The van der Waals surface area contributed by atoms with E-state index in [1.54, 1.807) is 6.33 Å². The molecule has 0 amide bonds. The zero-order valence-corrected chi connectivity index (χ0v) is 20.6. The summed E-state index contributed by atoms with van der Waals surface area (Å²) >= 11 is 0. The van der Waals surface area contributed by atoms with Crippen molar-refractivity contribution in [2.24, 2.45) is 0 Å². The van der Waals surface area contributed by atoms with E-state index in [4.69, 9.17) is 4.74 Å².